The Morgan fingerprint density at radius 3 is 0.981 bits per heavy atom. The molecule has 2 heterocycles. The van der Waals surface area contributed by atoms with Crippen LogP contribution in [0.15, 0.2) is 194 Å². The van der Waals surface area contributed by atoms with Crippen LogP contribution in [0.5, 0.6) is 11.5 Å². The molecule has 246 valence electrons. The fourth-order valence-corrected chi connectivity index (χ4v) is 8.17. The second kappa shape index (κ2) is 12.0. The van der Waals surface area contributed by atoms with Crippen molar-refractivity contribution in [3.8, 4) is 22.6 Å². The molecule has 0 saturated heterocycles. The van der Waals surface area contributed by atoms with Crippen molar-refractivity contribution in [2.75, 3.05) is 0 Å². The number of fused-ring (bicyclic) bond motifs is 4. The van der Waals surface area contributed by atoms with Gasteiger partial charge in [0.2, 0.25) is 0 Å². The van der Waals surface area contributed by atoms with Crippen LogP contribution in [0, 0.1) is 0 Å². The van der Waals surface area contributed by atoms with Crippen molar-refractivity contribution >= 4 is 33.7 Å². The predicted octanol–water partition coefficient (Wildman–Crippen LogP) is 12.4. The molecule has 0 unspecified atom stereocenters. The first-order chi connectivity index (χ1) is 25.7. The lowest BCUT2D eigenvalue weighted by Gasteiger charge is -2.39. The minimum absolute atomic E-state index is 0.829. The van der Waals surface area contributed by atoms with Crippen molar-refractivity contribution in [2.24, 2.45) is 0 Å². The summed E-state index contributed by atoms with van der Waals surface area (Å²) in [6.45, 7) is 0. The molecule has 0 atom stereocenters. The first-order valence-corrected chi connectivity index (χ1v) is 17.8. The first-order valence-electron chi connectivity index (χ1n) is 17.8. The monoisotopic (exact) mass is 666 g/mol. The summed E-state index contributed by atoms with van der Waals surface area (Å²) in [5.74, 6) is 1.66. The van der Waals surface area contributed by atoms with Crippen LogP contribution in [0.1, 0.15) is 33.4 Å². The molecule has 2 nitrogen and oxygen atoms in total. The third kappa shape index (κ3) is 4.65. The van der Waals surface area contributed by atoms with E-state index in [1.807, 2.05) is 0 Å². The summed E-state index contributed by atoms with van der Waals surface area (Å²) in [4.78, 5) is 0. The molecule has 0 radical (unpaired) electrons. The molecular weight excluding hydrogens is 633 g/mol. The van der Waals surface area contributed by atoms with Gasteiger partial charge in [-0.3, -0.25) is 0 Å². The summed E-state index contributed by atoms with van der Waals surface area (Å²) in [7, 11) is 0. The van der Waals surface area contributed by atoms with Crippen molar-refractivity contribution in [3.63, 3.8) is 0 Å². The molecule has 0 amide bonds. The zero-order valence-corrected chi connectivity index (χ0v) is 28.4. The van der Waals surface area contributed by atoms with Crippen LogP contribution in [0.3, 0.4) is 0 Å². The van der Waals surface area contributed by atoms with Crippen molar-refractivity contribution < 1.29 is 9.47 Å². The highest BCUT2D eigenvalue weighted by atomic mass is 16.5. The maximum atomic E-state index is 7.59. The first kappa shape index (κ1) is 30.2. The van der Waals surface area contributed by atoms with Gasteiger partial charge in [-0.15, -0.1) is 0 Å². The van der Waals surface area contributed by atoms with E-state index in [9.17, 15) is 0 Å². The van der Waals surface area contributed by atoms with Gasteiger partial charge in [-0.1, -0.05) is 182 Å². The number of ether oxygens (including phenoxy) is 2. The molecule has 2 heteroatoms. The summed E-state index contributed by atoms with van der Waals surface area (Å²) in [5.41, 5.74) is 6.65. The second-order valence-corrected chi connectivity index (χ2v) is 13.6. The van der Waals surface area contributed by atoms with Crippen LogP contribution in [-0.4, -0.2) is 0 Å². The van der Waals surface area contributed by atoms with Gasteiger partial charge in [0, 0.05) is 44.5 Å². The zero-order chi connectivity index (χ0) is 34.5. The van der Waals surface area contributed by atoms with Gasteiger partial charge in [0.25, 0.3) is 0 Å². The molecule has 0 N–H and O–H groups in total. The van der Waals surface area contributed by atoms with E-state index in [1.165, 1.54) is 0 Å². The van der Waals surface area contributed by atoms with Gasteiger partial charge in [0.05, 0.1) is 0 Å². The SMILES string of the molecule is C1=CC(c2ccccc2)(c2ccccc2)Oc2c1cc1ccccc1c2-c1c2c(cc3ccccc13)C=CC(c1ccccc1)(c1ccccc1)O2. The maximum Gasteiger partial charge on any atom is 0.178 e. The van der Waals surface area contributed by atoms with E-state index in [4.69, 9.17) is 9.47 Å². The maximum absolute atomic E-state index is 7.59. The molecule has 0 aliphatic carbocycles. The molecular formula is C50H34O2. The number of rotatable bonds is 5. The van der Waals surface area contributed by atoms with Crippen molar-refractivity contribution in [3.05, 3.63) is 228 Å². The smallest absolute Gasteiger partial charge is 0.178 e. The van der Waals surface area contributed by atoms with Crippen molar-refractivity contribution in [1.29, 1.82) is 0 Å². The largest absolute Gasteiger partial charge is 0.472 e. The van der Waals surface area contributed by atoms with Crippen LogP contribution in [-0.2, 0) is 11.2 Å². The van der Waals surface area contributed by atoms with Crippen LogP contribution in [0.2, 0.25) is 0 Å². The van der Waals surface area contributed by atoms with Gasteiger partial charge >= 0.3 is 0 Å². The Hall–Kier alpha value is -6.64. The molecule has 8 aromatic carbocycles. The molecule has 0 bridgehead atoms. The van der Waals surface area contributed by atoms with Gasteiger partial charge < -0.3 is 9.47 Å². The third-order valence-electron chi connectivity index (χ3n) is 10.6. The van der Waals surface area contributed by atoms with Crippen LogP contribution in [0.25, 0.3) is 44.8 Å². The Kier molecular flexibility index (Phi) is 6.97. The summed E-state index contributed by atoms with van der Waals surface area (Å²) >= 11 is 0. The average molecular weight is 667 g/mol. The van der Waals surface area contributed by atoms with Crippen molar-refractivity contribution in [2.45, 2.75) is 11.2 Å². The average Bonchev–Trinajstić information content (AvgIpc) is 3.23. The van der Waals surface area contributed by atoms with E-state index in [0.29, 0.717) is 0 Å². The fourth-order valence-electron chi connectivity index (χ4n) is 8.17. The standard InChI is InChI=1S/C50H34O2/c1-5-19-39(20-6-1)49(40-21-7-2-8-22-40)31-29-37-33-35-17-13-15-27-43(35)45(47(37)51-49)46-44-28-16-14-18-36(44)34-38-30-32-50(52-48(38)46,41-23-9-3-10-24-41)42-25-11-4-12-26-42/h1-34H. The van der Waals surface area contributed by atoms with Gasteiger partial charge in [-0.2, -0.15) is 0 Å². The molecule has 2 aliphatic heterocycles. The fraction of sp³-hybridized carbons (Fsp3) is 0.0400. The lowest BCUT2D eigenvalue weighted by Crippen LogP contribution is -2.35. The normalized spacial score (nSPS) is 15.0. The van der Waals surface area contributed by atoms with Crippen LogP contribution >= 0.6 is 0 Å². The van der Waals surface area contributed by atoms with E-state index in [0.717, 1.165) is 77.6 Å². The molecule has 0 saturated carbocycles. The summed E-state index contributed by atoms with van der Waals surface area (Å²) < 4.78 is 15.2. The van der Waals surface area contributed by atoms with Gasteiger partial charge in [0.1, 0.15) is 11.5 Å². The van der Waals surface area contributed by atoms with Crippen molar-refractivity contribution in [1.82, 2.24) is 0 Å². The number of hydrogen-bond acceptors (Lipinski definition) is 2. The Labute approximate surface area is 303 Å². The highest BCUT2D eigenvalue weighted by Gasteiger charge is 2.41. The molecule has 0 fully saturated rings. The topological polar surface area (TPSA) is 18.5 Å². The minimum Gasteiger partial charge on any atom is -0.472 e. The molecule has 52 heavy (non-hydrogen) atoms. The molecule has 8 aromatic rings. The van der Waals surface area contributed by atoms with Gasteiger partial charge in [0.15, 0.2) is 11.2 Å². The number of benzene rings is 8. The highest BCUT2D eigenvalue weighted by molar-refractivity contribution is 6.12. The molecule has 0 spiro atoms. The molecule has 2 aliphatic rings. The third-order valence-corrected chi connectivity index (χ3v) is 10.6. The lowest BCUT2D eigenvalue weighted by molar-refractivity contribution is 0.159. The van der Waals surface area contributed by atoms with E-state index < -0.39 is 11.2 Å². The highest BCUT2D eigenvalue weighted by Crippen LogP contribution is 2.55. The second-order valence-electron chi connectivity index (χ2n) is 13.6. The van der Waals surface area contributed by atoms with Gasteiger partial charge in [-0.25, -0.2) is 0 Å². The Balaban J connectivity index is 1.30. The van der Waals surface area contributed by atoms with E-state index >= 15 is 0 Å². The Bertz CT molecular complexity index is 2390. The molecule has 0 aromatic heterocycles. The Morgan fingerprint density at radius 2 is 0.635 bits per heavy atom. The lowest BCUT2D eigenvalue weighted by atomic mass is 9.80. The molecule has 10 rings (SSSR count). The summed E-state index contributed by atoms with van der Waals surface area (Å²) in [6.07, 6.45) is 8.91. The summed E-state index contributed by atoms with van der Waals surface area (Å²) in [6, 6.07) is 63.9. The zero-order valence-electron chi connectivity index (χ0n) is 28.4. The Morgan fingerprint density at radius 1 is 0.327 bits per heavy atom. The summed E-state index contributed by atoms with van der Waals surface area (Å²) in [5, 5.41) is 4.49. The predicted molar refractivity (Wildman–Crippen MR) is 214 cm³/mol. The number of hydrogen-bond donors (Lipinski definition) is 0. The quantitative estimate of drug-likeness (QED) is 0.182. The van der Waals surface area contributed by atoms with E-state index in [2.05, 4.69) is 206 Å². The van der Waals surface area contributed by atoms with Crippen LogP contribution in [0.4, 0.5) is 0 Å². The van der Waals surface area contributed by atoms with Crippen LogP contribution < -0.4 is 9.47 Å². The van der Waals surface area contributed by atoms with E-state index in [-0.39, 0.29) is 0 Å². The minimum atomic E-state index is -0.851. The van der Waals surface area contributed by atoms with Gasteiger partial charge in [-0.05, 0) is 45.8 Å². The van der Waals surface area contributed by atoms with E-state index in [1.54, 1.807) is 0 Å².